The van der Waals surface area contributed by atoms with Crippen LogP contribution in [0, 0.1) is 0 Å². The van der Waals surface area contributed by atoms with E-state index in [-0.39, 0.29) is 18.3 Å². The zero-order chi connectivity index (χ0) is 17.9. The fraction of sp³-hybridized carbons (Fsp3) is 0.222. The van der Waals surface area contributed by atoms with Gasteiger partial charge in [0.15, 0.2) is 0 Å². The van der Waals surface area contributed by atoms with Gasteiger partial charge in [0.2, 0.25) is 11.7 Å². The average molecular weight is 368 g/mol. The normalized spacial score (nSPS) is 16.9. The van der Waals surface area contributed by atoms with Gasteiger partial charge in [0.1, 0.15) is 12.6 Å². The zero-order valence-corrected chi connectivity index (χ0v) is 14.6. The number of urea groups is 1. The molecule has 1 saturated heterocycles. The quantitative estimate of drug-likeness (QED) is 0.676. The molecule has 3 aromatic rings. The highest BCUT2D eigenvalue weighted by atomic mass is 32.1. The van der Waals surface area contributed by atoms with Crippen LogP contribution in [0.15, 0.2) is 51.7 Å². The summed E-state index contributed by atoms with van der Waals surface area (Å²) in [6, 6.07) is 10.8. The monoisotopic (exact) mass is 368 g/mol. The summed E-state index contributed by atoms with van der Waals surface area (Å²) in [5.74, 6) is 0.425. The number of aryl methyl sites for hydroxylation is 1. The van der Waals surface area contributed by atoms with E-state index < -0.39 is 12.1 Å². The van der Waals surface area contributed by atoms with Gasteiger partial charge in [0.25, 0.3) is 5.91 Å². The number of hydrogen-bond acceptors (Lipinski definition) is 6. The van der Waals surface area contributed by atoms with Gasteiger partial charge in [-0.3, -0.25) is 9.69 Å². The summed E-state index contributed by atoms with van der Waals surface area (Å²) in [5, 5.41) is 10.4. The van der Waals surface area contributed by atoms with E-state index in [1.807, 2.05) is 47.2 Å². The van der Waals surface area contributed by atoms with Crippen LogP contribution in [-0.4, -0.2) is 33.0 Å². The topological polar surface area (TPSA) is 88.3 Å². The lowest BCUT2D eigenvalue weighted by molar-refractivity contribution is -0.128. The Morgan fingerprint density at radius 3 is 2.81 bits per heavy atom. The van der Waals surface area contributed by atoms with E-state index >= 15 is 0 Å². The molecule has 1 atom stereocenters. The van der Waals surface area contributed by atoms with Gasteiger partial charge in [-0.05, 0) is 29.9 Å². The number of imide groups is 1. The Labute approximate surface area is 153 Å². The van der Waals surface area contributed by atoms with Crippen molar-refractivity contribution in [2.24, 2.45) is 0 Å². The van der Waals surface area contributed by atoms with Crippen molar-refractivity contribution in [3.63, 3.8) is 0 Å². The molecule has 0 radical (unpaired) electrons. The van der Waals surface area contributed by atoms with Crippen LogP contribution in [0.5, 0.6) is 0 Å². The number of carbonyl (C=O) groups is 2. The molecule has 1 aliphatic rings. The van der Waals surface area contributed by atoms with E-state index in [1.54, 1.807) is 0 Å². The first kappa shape index (κ1) is 16.5. The summed E-state index contributed by atoms with van der Waals surface area (Å²) in [6.07, 6.45) is 1.27. The molecule has 1 aromatic carbocycles. The number of rotatable bonds is 6. The number of thiophene rings is 1. The molecule has 7 nitrogen and oxygen atoms in total. The lowest BCUT2D eigenvalue weighted by Gasteiger charge is -2.10. The third-order valence-corrected chi connectivity index (χ3v) is 4.90. The van der Waals surface area contributed by atoms with Crippen LogP contribution in [0.4, 0.5) is 4.79 Å². The average Bonchev–Trinajstić information content (AvgIpc) is 3.38. The molecule has 2 aromatic heterocycles. The van der Waals surface area contributed by atoms with Crippen molar-refractivity contribution < 1.29 is 14.1 Å². The molecule has 1 fully saturated rings. The largest absolute Gasteiger partial charge is 0.337 e. The Balaban J connectivity index is 1.39. The number of aromatic nitrogens is 2. The molecule has 8 heteroatoms. The molecule has 0 bridgehead atoms. The van der Waals surface area contributed by atoms with Crippen molar-refractivity contribution in [2.75, 3.05) is 0 Å². The molecule has 1 N–H and O–H groups in total. The predicted octanol–water partition coefficient (Wildman–Crippen LogP) is 2.85. The minimum Gasteiger partial charge on any atom is -0.337 e. The fourth-order valence-electron chi connectivity index (χ4n) is 2.84. The Kier molecular flexibility index (Phi) is 4.49. The molecule has 0 unspecified atom stereocenters. The highest BCUT2D eigenvalue weighted by molar-refractivity contribution is 7.08. The van der Waals surface area contributed by atoms with E-state index in [0.717, 1.165) is 16.0 Å². The maximum atomic E-state index is 12.5. The van der Waals surface area contributed by atoms with Crippen LogP contribution in [0.3, 0.4) is 0 Å². The summed E-state index contributed by atoms with van der Waals surface area (Å²) in [4.78, 5) is 30.1. The third kappa shape index (κ3) is 3.36. The van der Waals surface area contributed by atoms with E-state index in [0.29, 0.717) is 18.7 Å². The summed E-state index contributed by atoms with van der Waals surface area (Å²) in [6.45, 7) is -0.0242. The molecule has 1 aliphatic heterocycles. The predicted molar refractivity (Wildman–Crippen MR) is 95.2 cm³/mol. The maximum Gasteiger partial charge on any atom is 0.325 e. The molecule has 0 saturated carbocycles. The van der Waals surface area contributed by atoms with E-state index in [9.17, 15) is 9.59 Å². The highest BCUT2D eigenvalue weighted by Gasteiger charge is 2.38. The molecular formula is C18H16N4O3S. The smallest absolute Gasteiger partial charge is 0.325 e. The minimum atomic E-state index is -0.526. The molecular weight excluding hydrogens is 352 g/mol. The van der Waals surface area contributed by atoms with Crippen LogP contribution < -0.4 is 5.32 Å². The molecule has 4 rings (SSSR count). The van der Waals surface area contributed by atoms with Crippen LogP contribution in [0.25, 0.3) is 11.4 Å². The molecule has 0 spiro atoms. The van der Waals surface area contributed by atoms with Gasteiger partial charge >= 0.3 is 6.03 Å². The second kappa shape index (κ2) is 7.09. The molecule has 132 valence electrons. The van der Waals surface area contributed by atoms with Gasteiger partial charge in [0.05, 0.1) is 0 Å². The number of nitrogens with zero attached hydrogens (tertiary/aromatic N) is 3. The van der Waals surface area contributed by atoms with Crippen molar-refractivity contribution in [3.05, 3.63) is 58.6 Å². The van der Waals surface area contributed by atoms with Crippen molar-refractivity contribution in [2.45, 2.75) is 25.4 Å². The molecule has 3 amide bonds. The molecule has 3 heterocycles. The van der Waals surface area contributed by atoms with Gasteiger partial charge in [-0.25, -0.2) is 4.79 Å². The number of benzene rings is 1. The van der Waals surface area contributed by atoms with Gasteiger partial charge in [0, 0.05) is 10.9 Å². The second-order valence-corrected chi connectivity index (χ2v) is 6.75. The Hall–Kier alpha value is -3.00. The van der Waals surface area contributed by atoms with Crippen molar-refractivity contribution >= 4 is 23.3 Å². The SMILES string of the molecule is O=C1N[C@@H](CCc2ccccc2)C(=O)N1Cc1nc(-c2ccsc2)no1. The van der Waals surface area contributed by atoms with Gasteiger partial charge < -0.3 is 9.84 Å². The Morgan fingerprint density at radius 2 is 2.04 bits per heavy atom. The summed E-state index contributed by atoms with van der Waals surface area (Å²) >= 11 is 1.53. The summed E-state index contributed by atoms with van der Waals surface area (Å²) < 4.78 is 5.18. The molecule has 26 heavy (non-hydrogen) atoms. The van der Waals surface area contributed by atoms with E-state index in [1.165, 1.54) is 11.3 Å². The maximum absolute atomic E-state index is 12.5. The fourth-order valence-corrected chi connectivity index (χ4v) is 3.48. The van der Waals surface area contributed by atoms with Crippen LogP contribution in [0.2, 0.25) is 0 Å². The van der Waals surface area contributed by atoms with E-state index in [2.05, 4.69) is 15.5 Å². The van der Waals surface area contributed by atoms with Crippen molar-refractivity contribution in [3.8, 4) is 11.4 Å². The first-order valence-electron chi connectivity index (χ1n) is 8.21. The van der Waals surface area contributed by atoms with Crippen LogP contribution in [0.1, 0.15) is 17.9 Å². The van der Waals surface area contributed by atoms with Crippen LogP contribution >= 0.6 is 11.3 Å². The van der Waals surface area contributed by atoms with Gasteiger partial charge in [-0.15, -0.1) is 0 Å². The van der Waals surface area contributed by atoms with Crippen molar-refractivity contribution in [1.29, 1.82) is 0 Å². The van der Waals surface area contributed by atoms with E-state index in [4.69, 9.17) is 4.52 Å². The zero-order valence-electron chi connectivity index (χ0n) is 13.8. The lowest BCUT2D eigenvalue weighted by atomic mass is 10.1. The Bertz CT molecular complexity index is 908. The highest BCUT2D eigenvalue weighted by Crippen LogP contribution is 2.20. The first-order chi connectivity index (χ1) is 12.7. The molecule has 0 aliphatic carbocycles. The minimum absolute atomic E-state index is 0.0242. The second-order valence-electron chi connectivity index (χ2n) is 5.97. The van der Waals surface area contributed by atoms with Gasteiger partial charge in [-0.2, -0.15) is 16.3 Å². The summed E-state index contributed by atoms with van der Waals surface area (Å²) in [5.41, 5.74) is 1.98. The Morgan fingerprint density at radius 1 is 1.19 bits per heavy atom. The summed E-state index contributed by atoms with van der Waals surface area (Å²) in [7, 11) is 0. The van der Waals surface area contributed by atoms with Crippen molar-refractivity contribution in [1.82, 2.24) is 20.4 Å². The standard InChI is InChI=1S/C18H16N4O3S/c23-17-14(7-6-12-4-2-1-3-5-12)19-18(24)22(17)10-15-20-16(21-25-15)13-8-9-26-11-13/h1-5,8-9,11,14H,6-7,10H2,(H,19,24)/t14-/m0/s1. The number of carbonyl (C=O) groups excluding carboxylic acids is 2. The lowest BCUT2D eigenvalue weighted by Crippen LogP contribution is -2.31. The van der Waals surface area contributed by atoms with Gasteiger partial charge in [-0.1, -0.05) is 35.5 Å². The van der Waals surface area contributed by atoms with Crippen LogP contribution in [-0.2, 0) is 17.8 Å². The number of nitrogens with one attached hydrogen (secondary N) is 1. The first-order valence-corrected chi connectivity index (χ1v) is 9.16. The number of amides is 3. The number of hydrogen-bond donors (Lipinski definition) is 1. The third-order valence-electron chi connectivity index (χ3n) is 4.21.